The number of carbonyl (C=O) groups excluding carboxylic acids is 1. The van der Waals surface area contributed by atoms with Crippen LogP contribution in [0, 0.1) is 0 Å². The molecule has 0 saturated heterocycles. The number of carbonyl (C=O) groups is 1. The molecule has 0 atom stereocenters. The summed E-state index contributed by atoms with van der Waals surface area (Å²) in [6.45, 7) is 0. The van der Waals surface area contributed by atoms with Gasteiger partial charge in [-0.2, -0.15) is 0 Å². The monoisotopic (exact) mass is 349 g/mol. The summed E-state index contributed by atoms with van der Waals surface area (Å²) in [5.41, 5.74) is 1.21. The summed E-state index contributed by atoms with van der Waals surface area (Å²) < 4.78 is 16.4. The number of methoxy groups -OCH3 is 2. The minimum Gasteiger partial charge on any atom is -0.497 e. The van der Waals surface area contributed by atoms with Crippen LogP contribution in [0.4, 0.5) is 5.69 Å². The molecule has 0 unspecified atom stereocenters. The van der Waals surface area contributed by atoms with E-state index in [2.05, 4.69) is 5.32 Å². The second-order valence-corrected chi connectivity index (χ2v) is 5.46. The first-order valence-electron chi connectivity index (χ1n) is 8.06. The van der Waals surface area contributed by atoms with Gasteiger partial charge in [-0.3, -0.25) is 4.79 Å². The molecule has 0 saturated carbocycles. The quantitative estimate of drug-likeness (QED) is 0.698. The van der Waals surface area contributed by atoms with Crippen LogP contribution in [0.3, 0.4) is 0 Å². The molecule has 0 fully saturated rings. The van der Waals surface area contributed by atoms with Crippen molar-refractivity contribution in [2.75, 3.05) is 19.5 Å². The van der Waals surface area contributed by atoms with Crippen molar-refractivity contribution in [2.45, 2.75) is 0 Å². The maximum absolute atomic E-state index is 12.3. The van der Waals surface area contributed by atoms with Crippen molar-refractivity contribution < 1.29 is 19.0 Å². The number of hydrogen-bond donors (Lipinski definition) is 1. The zero-order chi connectivity index (χ0) is 18.4. The number of benzene rings is 3. The van der Waals surface area contributed by atoms with E-state index in [1.54, 1.807) is 44.6 Å². The van der Waals surface area contributed by atoms with Gasteiger partial charge in [0.15, 0.2) is 11.5 Å². The van der Waals surface area contributed by atoms with Crippen molar-refractivity contribution in [2.24, 2.45) is 0 Å². The molecule has 1 N–H and O–H groups in total. The minimum atomic E-state index is -0.184. The van der Waals surface area contributed by atoms with Crippen molar-refractivity contribution in [3.8, 4) is 23.0 Å². The van der Waals surface area contributed by atoms with Gasteiger partial charge < -0.3 is 19.5 Å². The van der Waals surface area contributed by atoms with Gasteiger partial charge in [-0.25, -0.2) is 0 Å². The van der Waals surface area contributed by atoms with Gasteiger partial charge in [-0.1, -0.05) is 18.2 Å². The van der Waals surface area contributed by atoms with E-state index >= 15 is 0 Å². The predicted octanol–water partition coefficient (Wildman–Crippen LogP) is 4.75. The number of nitrogens with one attached hydrogen (secondary N) is 1. The van der Waals surface area contributed by atoms with E-state index in [1.807, 2.05) is 42.5 Å². The zero-order valence-corrected chi connectivity index (χ0v) is 14.6. The Hall–Kier alpha value is -3.47. The van der Waals surface area contributed by atoms with Crippen LogP contribution in [0.2, 0.25) is 0 Å². The maximum atomic E-state index is 12.3. The SMILES string of the molecule is COc1ccc(Oc2ccc(NC(=O)c3ccccc3)cc2OC)cc1. The first-order valence-corrected chi connectivity index (χ1v) is 8.06. The highest BCUT2D eigenvalue weighted by atomic mass is 16.5. The summed E-state index contributed by atoms with van der Waals surface area (Å²) in [7, 11) is 3.17. The van der Waals surface area contributed by atoms with Gasteiger partial charge in [0.1, 0.15) is 11.5 Å². The Morgan fingerprint density at radius 1 is 0.769 bits per heavy atom. The number of amides is 1. The summed E-state index contributed by atoms with van der Waals surface area (Å²) in [6.07, 6.45) is 0. The van der Waals surface area contributed by atoms with E-state index in [0.717, 1.165) is 5.75 Å². The second-order valence-electron chi connectivity index (χ2n) is 5.46. The summed E-state index contributed by atoms with van der Waals surface area (Å²) in [5.74, 6) is 2.30. The molecule has 0 spiro atoms. The molecular weight excluding hydrogens is 330 g/mol. The first-order chi connectivity index (χ1) is 12.7. The Morgan fingerprint density at radius 2 is 1.46 bits per heavy atom. The highest BCUT2D eigenvalue weighted by Crippen LogP contribution is 2.34. The zero-order valence-electron chi connectivity index (χ0n) is 14.6. The van der Waals surface area contributed by atoms with Crippen LogP contribution in [0.1, 0.15) is 10.4 Å². The third-order valence-corrected chi connectivity index (χ3v) is 3.74. The van der Waals surface area contributed by atoms with Crippen LogP contribution in [0.15, 0.2) is 72.8 Å². The van der Waals surface area contributed by atoms with Gasteiger partial charge in [-0.05, 0) is 48.5 Å². The molecule has 0 bridgehead atoms. The first kappa shape index (κ1) is 17.4. The average molecular weight is 349 g/mol. The Morgan fingerprint density at radius 3 is 2.12 bits per heavy atom. The molecule has 3 aromatic rings. The van der Waals surface area contributed by atoms with E-state index in [-0.39, 0.29) is 5.91 Å². The van der Waals surface area contributed by atoms with Crippen molar-refractivity contribution in [3.63, 3.8) is 0 Å². The molecule has 0 aliphatic carbocycles. The molecule has 0 aliphatic heterocycles. The molecule has 0 aliphatic rings. The Bertz CT molecular complexity index is 876. The van der Waals surface area contributed by atoms with Gasteiger partial charge in [0, 0.05) is 17.3 Å². The van der Waals surface area contributed by atoms with E-state index < -0.39 is 0 Å². The Labute approximate surface area is 152 Å². The third kappa shape index (κ3) is 4.13. The van der Waals surface area contributed by atoms with Crippen molar-refractivity contribution in [1.82, 2.24) is 0 Å². The minimum absolute atomic E-state index is 0.184. The number of hydrogen-bond acceptors (Lipinski definition) is 4. The van der Waals surface area contributed by atoms with Crippen LogP contribution >= 0.6 is 0 Å². The molecule has 0 radical (unpaired) electrons. The molecule has 3 rings (SSSR count). The maximum Gasteiger partial charge on any atom is 0.255 e. The van der Waals surface area contributed by atoms with Crippen molar-refractivity contribution >= 4 is 11.6 Å². The lowest BCUT2D eigenvalue weighted by atomic mass is 10.2. The lowest BCUT2D eigenvalue weighted by Gasteiger charge is -2.13. The number of ether oxygens (including phenoxy) is 3. The second kappa shape index (κ2) is 8.07. The molecule has 132 valence electrons. The fourth-order valence-electron chi connectivity index (χ4n) is 2.39. The Kier molecular flexibility index (Phi) is 5.39. The number of anilines is 1. The summed E-state index contributed by atoms with van der Waals surface area (Å²) in [6, 6.07) is 21.5. The van der Waals surface area contributed by atoms with E-state index in [0.29, 0.717) is 28.5 Å². The van der Waals surface area contributed by atoms with E-state index in [9.17, 15) is 4.79 Å². The van der Waals surface area contributed by atoms with Crippen LogP contribution < -0.4 is 19.5 Å². The summed E-state index contributed by atoms with van der Waals surface area (Å²) in [5, 5.41) is 2.85. The fourth-order valence-corrected chi connectivity index (χ4v) is 2.39. The predicted molar refractivity (Wildman–Crippen MR) is 100 cm³/mol. The van der Waals surface area contributed by atoms with E-state index in [1.165, 1.54) is 0 Å². The largest absolute Gasteiger partial charge is 0.497 e. The van der Waals surface area contributed by atoms with Crippen LogP contribution in [-0.4, -0.2) is 20.1 Å². The van der Waals surface area contributed by atoms with Crippen LogP contribution in [0.25, 0.3) is 0 Å². The third-order valence-electron chi connectivity index (χ3n) is 3.74. The molecule has 0 aromatic heterocycles. The molecule has 1 amide bonds. The van der Waals surface area contributed by atoms with Crippen molar-refractivity contribution in [1.29, 1.82) is 0 Å². The fraction of sp³-hybridized carbons (Fsp3) is 0.0952. The molecule has 3 aromatic carbocycles. The number of rotatable bonds is 6. The molecule has 26 heavy (non-hydrogen) atoms. The van der Waals surface area contributed by atoms with Crippen LogP contribution in [0.5, 0.6) is 23.0 Å². The molecular formula is C21H19NO4. The van der Waals surface area contributed by atoms with Crippen molar-refractivity contribution in [3.05, 3.63) is 78.4 Å². The highest BCUT2D eigenvalue weighted by Gasteiger charge is 2.10. The molecule has 5 heteroatoms. The van der Waals surface area contributed by atoms with Gasteiger partial charge in [0.2, 0.25) is 0 Å². The van der Waals surface area contributed by atoms with Gasteiger partial charge in [0.05, 0.1) is 14.2 Å². The lowest BCUT2D eigenvalue weighted by molar-refractivity contribution is 0.102. The Balaban J connectivity index is 1.75. The summed E-state index contributed by atoms with van der Waals surface area (Å²) in [4.78, 5) is 12.3. The topological polar surface area (TPSA) is 56.8 Å². The van der Waals surface area contributed by atoms with Gasteiger partial charge >= 0.3 is 0 Å². The summed E-state index contributed by atoms with van der Waals surface area (Å²) >= 11 is 0. The standard InChI is InChI=1S/C21H19NO4/c1-24-17-9-11-18(12-10-17)26-19-13-8-16(14-20(19)25-2)22-21(23)15-6-4-3-5-7-15/h3-14H,1-2H3,(H,22,23). The van der Waals surface area contributed by atoms with Gasteiger partial charge in [-0.15, -0.1) is 0 Å². The molecule has 0 heterocycles. The smallest absolute Gasteiger partial charge is 0.255 e. The molecule has 5 nitrogen and oxygen atoms in total. The lowest BCUT2D eigenvalue weighted by Crippen LogP contribution is -2.11. The normalized spacial score (nSPS) is 10.1. The average Bonchev–Trinajstić information content (AvgIpc) is 2.70. The van der Waals surface area contributed by atoms with Gasteiger partial charge in [0.25, 0.3) is 5.91 Å². The van der Waals surface area contributed by atoms with Crippen LogP contribution in [-0.2, 0) is 0 Å². The van der Waals surface area contributed by atoms with E-state index in [4.69, 9.17) is 14.2 Å². The highest BCUT2D eigenvalue weighted by molar-refractivity contribution is 6.04.